The number of aromatic nitrogens is 5. The Kier molecular flexibility index (Phi) is 5.32. The number of nitrogens with one attached hydrogen (secondary N) is 2. The van der Waals surface area contributed by atoms with E-state index in [0.29, 0.717) is 22.1 Å². The van der Waals surface area contributed by atoms with Crippen LogP contribution in [0.25, 0.3) is 21.3 Å². The molecule has 0 aliphatic heterocycles. The van der Waals surface area contributed by atoms with Gasteiger partial charge >= 0.3 is 0 Å². The smallest absolute Gasteiger partial charge is 0.260 e. The highest BCUT2D eigenvalue weighted by Crippen LogP contribution is 2.35. The van der Waals surface area contributed by atoms with Crippen LogP contribution in [0.1, 0.15) is 35.4 Å². The van der Waals surface area contributed by atoms with Gasteiger partial charge in [0.1, 0.15) is 16.5 Å². The van der Waals surface area contributed by atoms with E-state index in [-0.39, 0.29) is 5.56 Å². The summed E-state index contributed by atoms with van der Waals surface area (Å²) in [6.07, 6.45) is 1.90. The van der Waals surface area contributed by atoms with Crippen LogP contribution in [0, 0.1) is 13.8 Å². The highest BCUT2D eigenvalue weighted by atomic mass is 32.2. The molecular formula is C20H21N5OS2. The first kappa shape index (κ1) is 18.9. The number of aryl methyl sites for hydroxylation is 3. The van der Waals surface area contributed by atoms with Crippen LogP contribution in [0.3, 0.4) is 0 Å². The number of thioether (sulfide) groups is 1. The Morgan fingerprint density at radius 2 is 1.89 bits per heavy atom. The maximum absolute atomic E-state index is 12.8. The Morgan fingerprint density at radius 1 is 1.11 bits per heavy atom. The molecule has 8 heteroatoms. The van der Waals surface area contributed by atoms with E-state index in [1.54, 1.807) is 11.3 Å². The van der Waals surface area contributed by atoms with Crippen molar-refractivity contribution in [3.8, 4) is 11.1 Å². The third kappa shape index (κ3) is 3.74. The number of benzene rings is 1. The van der Waals surface area contributed by atoms with Crippen molar-refractivity contribution in [3.05, 3.63) is 56.7 Å². The van der Waals surface area contributed by atoms with Crippen molar-refractivity contribution in [2.24, 2.45) is 0 Å². The zero-order valence-electron chi connectivity index (χ0n) is 16.0. The second-order valence-electron chi connectivity index (χ2n) is 6.70. The maximum atomic E-state index is 12.8. The van der Waals surface area contributed by atoms with Crippen LogP contribution in [-0.2, 0) is 12.2 Å². The predicted octanol–water partition coefficient (Wildman–Crippen LogP) is 4.63. The summed E-state index contributed by atoms with van der Waals surface area (Å²) in [6, 6.07) is 8.25. The molecule has 4 rings (SSSR count). The van der Waals surface area contributed by atoms with Gasteiger partial charge in [-0.2, -0.15) is 0 Å². The fourth-order valence-electron chi connectivity index (χ4n) is 3.12. The van der Waals surface area contributed by atoms with Crippen molar-refractivity contribution < 1.29 is 0 Å². The number of fused-ring (bicyclic) bond motifs is 1. The molecule has 0 unspecified atom stereocenters. The van der Waals surface area contributed by atoms with Gasteiger partial charge in [-0.15, -0.1) is 16.4 Å². The minimum absolute atomic E-state index is 0.0952. The Bertz CT molecular complexity index is 1170. The molecule has 2 N–H and O–H groups in total. The van der Waals surface area contributed by atoms with E-state index < -0.39 is 0 Å². The van der Waals surface area contributed by atoms with E-state index in [1.807, 2.05) is 6.92 Å². The average Bonchev–Trinajstić information content (AvgIpc) is 3.25. The van der Waals surface area contributed by atoms with E-state index in [0.717, 1.165) is 39.5 Å². The van der Waals surface area contributed by atoms with E-state index in [2.05, 4.69) is 58.3 Å². The molecule has 0 radical (unpaired) electrons. The van der Waals surface area contributed by atoms with Crippen molar-refractivity contribution in [2.75, 3.05) is 0 Å². The van der Waals surface area contributed by atoms with Crippen LogP contribution in [0.4, 0.5) is 0 Å². The fraction of sp³-hybridized carbons (Fsp3) is 0.300. The van der Waals surface area contributed by atoms with Gasteiger partial charge in [-0.3, -0.25) is 9.89 Å². The Morgan fingerprint density at radius 3 is 2.64 bits per heavy atom. The first-order valence-electron chi connectivity index (χ1n) is 9.18. The van der Waals surface area contributed by atoms with Gasteiger partial charge in [-0.25, -0.2) is 9.97 Å². The lowest BCUT2D eigenvalue weighted by Crippen LogP contribution is -2.10. The second kappa shape index (κ2) is 7.89. The number of rotatable bonds is 6. The number of aromatic amines is 2. The van der Waals surface area contributed by atoms with Gasteiger partial charge < -0.3 is 4.98 Å². The zero-order chi connectivity index (χ0) is 19.7. The highest BCUT2D eigenvalue weighted by molar-refractivity contribution is 7.98. The molecule has 1 aromatic carbocycles. The quantitative estimate of drug-likeness (QED) is 0.452. The van der Waals surface area contributed by atoms with Gasteiger partial charge in [0.15, 0.2) is 0 Å². The number of hydrogen-bond acceptors (Lipinski definition) is 6. The molecule has 0 saturated carbocycles. The molecule has 0 aliphatic carbocycles. The molecule has 6 nitrogen and oxygen atoms in total. The molecule has 3 heterocycles. The molecule has 3 aromatic heterocycles. The van der Waals surface area contributed by atoms with Crippen molar-refractivity contribution in [2.45, 2.75) is 44.5 Å². The SMILES string of the molecule is CCCc1nc(SCc2nc3sc(C)c(-c4ccc(C)cc4)c3c(=O)[nH]2)n[nH]1. The molecule has 0 aliphatic rings. The van der Waals surface area contributed by atoms with Crippen molar-refractivity contribution in [1.29, 1.82) is 0 Å². The van der Waals surface area contributed by atoms with Crippen LogP contribution >= 0.6 is 23.1 Å². The first-order chi connectivity index (χ1) is 13.5. The zero-order valence-corrected chi connectivity index (χ0v) is 17.6. The lowest BCUT2D eigenvalue weighted by Gasteiger charge is -2.03. The number of nitrogens with zero attached hydrogens (tertiary/aromatic N) is 3. The minimum atomic E-state index is -0.0952. The normalized spacial score (nSPS) is 11.4. The molecule has 4 aromatic rings. The van der Waals surface area contributed by atoms with Crippen molar-refractivity contribution in [1.82, 2.24) is 25.1 Å². The van der Waals surface area contributed by atoms with E-state index in [1.165, 1.54) is 17.3 Å². The van der Waals surface area contributed by atoms with Crippen molar-refractivity contribution in [3.63, 3.8) is 0 Å². The lowest BCUT2D eigenvalue weighted by molar-refractivity contribution is 0.840. The average molecular weight is 412 g/mol. The molecule has 0 saturated heterocycles. The lowest BCUT2D eigenvalue weighted by atomic mass is 10.0. The summed E-state index contributed by atoms with van der Waals surface area (Å²) in [7, 11) is 0. The summed E-state index contributed by atoms with van der Waals surface area (Å²) in [5.74, 6) is 2.05. The molecule has 0 spiro atoms. The van der Waals surface area contributed by atoms with E-state index in [9.17, 15) is 4.79 Å². The molecule has 0 bridgehead atoms. The highest BCUT2D eigenvalue weighted by Gasteiger charge is 2.17. The van der Waals surface area contributed by atoms with Gasteiger partial charge in [0.2, 0.25) is 5.16 Å². The molecular weight excluding hydrogens is 390 g/mol. The summed E-state index contributed by atoms with van der Waals surface area (Å²) >= 11 is 3.03. The minimum Gasteiger partial charge on any atom is -0.309 e. The van der Waals surface area contributed by atoms with E-state index in [4.69, 9.17) is 4.98 Å². The van der Waals surface area contributed by atoms with Gasteiger partial charge in [0, 0.05) is 16.9 Å². The van der Waals surface area contributed by atoms with Crippen LogP contribution in [-0.4, -0.2) is 25.1 Å². The summed E-state index contributed by atoms with van der Waals surface area (Å²) < 4.78 is 0. The maximum Gasteiger partial charge on any atom is 0.260 e. The number of thiophene rings is 1. The second-order valence-corrected chi connectivity index (χ2v) is 8.84. The summed E-state index contributed by atoms with van der Waals surface area (Å²) in [5, 5.41) is 8.50. The number of hydrogen-bond donors (Lipinski definition) is 2. The Hall–Kier alpha value is -2.45. The summed E-state index contributed by atoms with van der Waals surface area (Å²) in [5.41, 5.74) is 3.13. The Balaban J connectivity index is 1.63. The van der Waals surface area contributed by atoms with Crippen LogP contribution < -0.4 is 5.56 Å². The van der Waals surface area contributed by atoms with Gasteiger partial charge in [0.05, 0.1) is 11.1 Å². The summed E-state index contributed by atoms with van der Waals surface area (Å²) in [4.78, 5) is 26.8. The van der Waals surface area contributed by atoms with Crippen LogP contribution in [0.5, 0.6) is 0 Å². The monoisotopic (exact) mass is 411 g/mol. The van der Waals surface area contributed by atoms with Gasteiger partial charge in [-0.1, -0.05) is 48.5 Å². The van der Waals surface area contributed by atoms with E-state index >= 15 is 0 Å². The number of H-pyrrole nitrogens is 2. The fourth-order valence-corrected chi connectivity index (χ4v) is 4.88. The Labute approximate surface area is 170 Å². The molecule has 0 amide bonds. The van der Waals surface area contributed by atoms with Crippen molar-refractivity contribution >= 4 is 33.3 Å². The van der Waals surface area contributed by atoms with Crippen LogP contribution in [0.2, 0.25) is 0 Å². The predicted molar refractivity (Wildman–Crippen MR) is 115 cm³/mol. The molecule has 0 fully saturated rings. The third-order valence-electron chi connectivity index (χ3n) is 4.46. The topological polar surface area (TPSA) is 87.3 Å². The standard InChI is InChI=1S/C20H21N5OS2/c1-4-5-14-23-20(25-24-14)27-10-15-21-18(26)17-16(12(3)28-19(17)22-15)13-8-6-11(2)7-9-13/h6-9H,4-5,10H2,1-3H3,(H,21,22,26)(H,23,24,25). The molecule has 144 valence electrons. The van der Waals surface area contributed by atoms with Crippen LogP contribution in [0.15, 0.2) is 34.2 Å². The summed E-state index contributed by atoms with van der Waals surface area (Å²) in [6.45, 7) is 6.20. The first-order valence-corrected chi connectivity index (χ1v) is 11.0. The molecule has 0 atom stereocenters. The molecule has 28 heavy (non-hydrogen) atoms. The largest absolute Gasteiger partial charge is 0.309 e. The van der Waals surface area contributed by atoms with Gasteiger partial charge in [-0.05, 0) is 25.8 Å². The third-order valence-corrected chi connectivity index (χ3v) is 6.32. The van der Waals surface area contributed by atoms with Gasteiger partial charge in [0.25, 0.3) is 5.56 Å².